The minimum absolute atomic E-state index is 0.00760. The summed E-state index contributed by atoms with van der Waals surface area (Å²) in [6, 6.07) is 16.7. The number of hydrogen-bond acceptors (Lipinski definition) is 7. The Bertz CT molecular complexity index is 1170. The van der Waals surface area contributed by atoms with E-state index in [1.165, 1.54) is 0 Å². The van der Waals surface area contributed by atoms with E-state index in [0.717, 1.165) is 34.6 Å². The molecular weight excluding hydrogens is 394 g/mol. The molecule has 3 amide bonds. The van der Waals surface area contributed by atoms with E-state index in [9.17, 15) is 9.59 Å². The van der Waals surface area contributed by atoms with Gasteiger partial charge in [0.05, 0.1) is 6.54 Å². The number of para-hydroxylation sites is 1. The number of fused-ring (bicyclic) bond motifs is 2. The molecule has 9 heteroatoms. The smallest absolute Gasteiger partial charge is 0.325 e. The maximum absolute atomic E-state index is 13.4. The fourth-order valence-electron chi connectivity index (χ4n) is 4.31. The van der Waals surface area contributed by atoms with E-state index < -0.39 is 11.6 Å². The first kappa shape index (κ1) is 19.0. The number of aryl methyl sites for hydroxylation is 1. The van der Waals surface area contributed by atoms with E-state index >= 15 is 0 Å². The molecule has 1 fully saturated rings. The lowest BCUT2D eigenvalue weighted by atomic mass is 9.76. The Labute approximate surface area is 178 Å². The van der Waals surface area contributed by atoms with Gasteiger partial charge in [0, 0.05) is 5.69 Å². The van der Waals surface area contributed by atoms with E-state index in [2.05, 4.69) is 25.6 Å². The van der Waals surface area contributed by atoms with E-state index in [1.54, 1.807) is 0 Å². The van der Waals surface area contributed by atoms with Crippen molar-refractivity contribution in [2.45, 2.75) is 31.3 Å². The van der Waals surface area contributed by atoms with E-state index in [1.807, 2.05) is 54.6 Å². The molecule has 31 heavy (non-hydrogen) atoms. The Morgan fingerprint density at radius 1 is 1.03 bits per heavy atom. The Morgan fingerprint density at radius 2 is 1.81 bits per heavy atom. The van der Waals surface area contributed by atoms with Crippen LogP contribution in [0.25, 0.3) is 0 Å². The summed E-state index contributed by atoms with van der Waals surface area (Å²) >= 11 is 0. The molecule has 0 bridgehead atoms. The van der Waals surface area contributed by atoms with Gasteiger partial charge < -0.3 is 16.4 Å². The van der Waals surface area contributed by atoms with Gasteiger partial charge in [0.25, 0.3) is 5.91 Å². The zero-order chi connectivity index (χ0) is 21.4. The molecule has 9 nitrogen and oxygen atoms in total. The number of amides is 3. The predicted octanol–water partition coefficient (Wildman–Crippen LogP) is 2.48. The number of anilines is 3. The molecule has 2 aromatic carbocycles. The van der Waals surface area contributed by atoms with Crippen molar-refractivity contribution < 1.29 is 9.59 Å². The Balaban J connectivity index is 1.42. The Morgan fingerprint density at radius 3 is 2.65 bits per heavy atom. The first-order valence-electron chi connectivity index (χ1n) is 10.1. The van der Waals surface area contributed by atoms with Crippen LogP contribution in [0.1, 0.15) is 29.8 Å². The number of rotatable bonds is 4. The summed E-state index contributed by atoms with van der Waals surface area (Å²) in [4.78, 5) is 40.0. The number of nitrogens with one attached hydrogen (secondary N) is 2. The molecule has 0 radical (unpaired) electrons. The van der Waals surface area contributed by atoms with Crippen molar-refractivity contribution in [2.75, 3.05) is 11.1 Å². The second-order valence-electron chi connectivity index (χ2n) is 7.66. The largest absolute Gasteiger partial charge is 0.368 e. The van der Waals surface area contributed by atoms with Crippen LogP contribution in [0.15, 0.2) is 54.6 Å². The third kappa shape index (κ3) is 3.33. The maximum Gasteiger partial charge on any atom is 0.325 e. The van der Waals surface area contributed by atoms with Crippen LogP contribution in [0.2, 0.25) is 0 Å². The van der Waals surface area contributed by atoms with Crippen LogP contribution < -0.4 is 16.4 Å². The van der Waals surface area contributed by atoms with Crippen LogP contribution in [0.3, 0.4) is 0 Å². The van der Waals surface area contributed by atoms with Crippen molar-refractivity contribution in [1.29, 1.82) is 0 Å². The number of hydrogen-bond donors (Lipinski definition) is 3. The molecule has 0 unspecified atom stereocenters. The summed E-state index contributed by atoms with van der Waals surface area (Å²) in [5.41, 5.74) is 7.55. The van der Waals surface area contributed by atoms with Gasteiger partial charge in [-0.15, -0.1) is 0 Å². The van der Waals surface area contributed by atoms with Crippen molar-refractivity contribution in [3.8, 4) is 0 Å². The average molecular weight is 415 g/mol. The molecule has 1 aliphatic carbocycles. The van der Waals surface area contributed by atoms with Crippen LogP contribution in [0, 0.1) is 0 Å². The van der Waals surface area contributed by atoms with Crippen LogP contribution in [0.4, 0.5) is 22.4 Å². The number of aromatic nitrogens is 3. The van der Waals surface area contributed by atoms with Gasteiger partial charge in [-0.3, -0.25) is 9.69 Å². The first-order valence-corrected chi connectivity index (χ1v) is 10.1. The molecule has 1 aliphatic heterocycles. The van der Waals surface area contributed by atoms with Crippen LogP contribution >= 0.6 is 0 Å². The number of carbonyl (C=O) groups is 2. The minimum Gasteiger partial charge on any atom is -0.368 e. The highest BCUT2D eigenvalue weighted by atomic mass is 16.2. The quantitative estimate of drug-likeness (QED) is 0.559. The van der Waals surface area contributed by atoms with Gasteiger partial charge in [-0.05, 0) is 42.5 Å². The highest BCUT2D eigenvalue weighted by Gasteiger charge is 2.54. The number of nitrogens with two attached hydrogens (primary N) is 1. The van der Waals surface area contributed by atoms with Gasteiger partial charge in [-0.25, -0.2) is 4.79 Å². The van der Waals surface area contributed by atoms with Gasteiger partial charge in [-0.2, -0.15) is 15.0 Å². The number of nitrogens with zero attached hydrogens (tertiary/aromatic N) is 4. The molecule has 2 heterocycles. The zero-order valence-electron chi connectivity index (χ0n) is 16.7. The van der Waals surface area contributed by atoms with Gasteiger partial charge >= 0.3 is 6.03 Å². The van der Waals surface area contributed by atoms with Crippen LogP contribution in [-0.4, -0.2) is 31.8 Å². The SMILES string of the molecule is Nc1nc(CN2C(=O)N[C@]3(CCCc4ccccc43)C2=O)nc(Nc2ccccc2)n1. The number of carbonyl (C=O) groups excluding carboxylic acids is 2. The third-order valence-electron chi connectivity index (χ3n) is 5.68. The van der Waals surface area contributed by atoms with Crippen molar-refractivity contribution in [2.24, 2.45) is 0 Å². The Kier molecular flexibility index (Phi) is 4.50. The third-order valence-corrected chi connectivity index (χ3v) is 5.68. The highest BCUT2D eigenvalue weighted by molar-refractivity contribution is 6.07. The Hall–Kier alpha value is -4.01. The molecule has 4 N–H and O–H groups in total. The monoisotopic (exact) mass is 415 g/mol. The lowest BCUT2D eigenvalue weighted by Crippen LogP contribution is -2.46. The topological polar surface area (TPSA) is 126 Å². The summed E-state index contributed by atoms with van der Waals surface area (Å²) in [6.07, 6.45) is 2.27. The first-order chi connectivity index (χ1) is 15.0. The zero-order valence-corrected chi connectivity index (χ0v) is 16.7. The maximum atomic E-state index is 13.4. The second kappa shape index (κ2) is 7.35. The number of nitrogen functional groups attached to an aromatic ring is 1. The van der Waals surface area contributed by atoms with Crippen molar-refractivity contribution in [1.82, 2.24) is 25.2 Å². The molecule has 1 aromatic heterocycles. The lowest BCUT2D eigenvalue weighted by molar-refractivity contribution is -0.132. The molecule has 3 aromatic rings. The lowest BCUT2D eigenvalue weighted by Gasteiger charge is -2.33. The fourth-order valence-corrected chi connectivity index (χ4v) is 4.31. The van der Waals surface area contributed by atoms with E-state index in [4.69, 9.17) is 5.73 Å². The summed E-state index contributed by atoms with van der Waals surface area (Å²) < 4.78 is 0. The summed E-state index contributed by atoms with van der Waals surface area (Å²) in [6.45, 7) is -0.0925. The molecular formula is C22H21N7O2. The van der Waals surface area contributed by atoms with E-state index in [0.29, 0.717) is 6.42 Å². The molecule has 0 saturated carbocycles. The van der Waals surface area contributed by atoms with Crippen molar-refractivity contribution >= 4 is 29.5 Å². The average Bonchev–Trinajstić information content (AvgIpc) is 2.99. The van der Waals surface area contributed by atoms with E-state index in [-0.39, 0.29) is 30.2 Å². The number of imide groups is 1. The number of urea groups is 1. The van der Waals surface area contributed by atoms with Crippen molar-refractivity contribution in [3.63, 3.8) is 0 Å². The fraction of sp³-hybridized carbons (Fsp3) is 0.227. The predicted molar refractivity (Wildman–Crippen MR) is 114 cm³/mol. The molecule has 1 saturated heterocycles. The summed E-state index contributed by atoms with van der Waals surface area (Å²) in [5.74, 6) is 0.198. The molecule has 1 atom stereocenters. The van der Waals surface area contributed by atoms with Gasteiger partial charge in [0.2, 0.25) is 11.9 Å². The molecule has 156 valence electrons. The molecule has 1 spiro atoms. The summed E-state index contributed by atoms with van der Waals surface area (Å²) in [5, 5.41) is 5.99. The van der Waals surface area contributed by atoms with Gasteiger partial charge in [0.1, 0.15) is 5.54 Å². The normalized spacial score (nSPS) is 19.9. The van der Waals surface area contributed by atoms with Crippen LogP contribution in [0.5, 0.6) is 0 Å². The van der Waals surface area contributed by atoms with Gasteiger partial charge in [-0.1, -0.05) is 42.5 Å². The van der Waals surface area contributed by atoms with Crippen molar-refractivity contribution in [3.05, 3.63) is 71.5 Å². The highest BCUT2D eigenvalue weighted by Crippen LogP contribution is 2.40. The summed E-state index contributed by atoms with van der Waals surface area (Å²) in [7, 11) is 0. The second-order valence-corrected chi connectivity index (χ2v) is 7.66. The molecule has 2 aliphatic rings. The number of benzene rings is 2. The molecule has 5 rings (SSSR count). The van der Waals surface area contributed by atoms with Gasteiger partial charge in [0.15, 0.2) is 5.82 Å². The standard InChI is InChI=1S/C22H21N7O2/c23-19-25-17(26-20(27-19)24-15-9-2-1-3-10-15)13-29-18(30)22(28-21(29)31)12-6-8-14-7-4-5-11-16(14)22/h1-5,7,9-11H,6,8,12-13H2,(H,28,31)(H3,23,24,25,26,27)/t22-/m0/s1. The minimum atomic E-state index is -1.03. The van der Waals surface area contributed by atoms with Crippen LogP contribution in [-0.2, 0) is 23.3 Å².